The summed E-state index contributed by atoms with van der Waals surface area (Å²) < 4.78 is 7.63. The largest absolute Gasteiger partial charge is 0.376 e. The van der Waals surface area contributed by atoms with E-state index in [0.717, 1.165) is 36.0 Å². The molecule has 1 saturated heterocycles. The zero-order valence-electron chi connectivity index (χ0n) is 12.4. The molecule has 0 aliphatic carbocycles. The first-order chi connectivity index (χ1) is 10.1. The third kappa shape index (κ3) is 2.88. The standard InChI is InChI=1S/C16H21N3O2/c1-11(15-7-4-10-21-15)17-16(20)18-13-5-3-6-14-12(13)8-9-19(14)2/h3,5-6,8-9,11,15H,4,7,10H2,1-2H3,(H2,17,18,20)/t11-,15+/m1/s1. The second-order valence-corrected chi connectivity index (χ2v) is 5.60. The number of aromatic nitrogens is 1. The Morgan fingerprint density at radius 1 is 1.43 bits per heavy atom. The minimum atomic E-state index is -0.186. The van der Waals surface area contributed by atoms with E-state index in [1.165, 1.54) is 0 Å². The summed E-state index contributed by atoms with van der Waals surface area (Å²) in [7, 11) is 1.99. The quantitative estimate of drug-likeness (QED) is 0.912. The molecule has 5 nitrogen and oxygen atoms in total. The van der Waals surface area contributed by atoms with Gasteiger partial charge in [0.1, 0.15) is 0 Å². The van der Waals surface area contributed by atoms with Crippen molar-refractivity contribution in [3.63, 3.8) is 0 Å². The van der Waals surface area contributed by atoms with Gasteiger partial charge in [-0.15, -0.1) is 0 Å². The molecule has 112 valence electrons. The molecule has 2 heterocycles. The van der Waals surface area contributed by atoms with Gasteiger partial charge in [0.2, 0.25) is 0 Å². The number of benzene rings is 1. The zero-order valence-corrected chi connectivity index (χ0v) is 12.4. The van der Waals surface area contributed by atoms with Crippen molar-refractivity contribution < 1.29 is 9.53 Å². The van der Waals surface area contributed by atoms with E-state index in [9.17, 15) is 4.79 Å². The van der Waals surface area contributed by atoms with Crippen LogP contribution in [0.25, 0.3) is 10.9 Å². The molecule has 0 spiro atoms. The van der Waals surface area contributed by atoms with Gasteiger partial charge in [-0.1, -0.05) is 6.07 Å². The predicted octanol–water partition coefficient (Wildman–Crippen LogP) is 2.87. The van der Waals surface area contributed by atoms with E-state index in [-0.39, 0.29) is 18.2 Å². The summed E-state index contributed by atoms with van der Waals surface area (Å²) >= 11 is 0. The number of ether oxygens (including phenoxy) is 1. The van der Waals surface area contributed by atoms with Gasteiger partial charge >= 0.3 is 6.03 Å². The molecular weight excluding hydrogens is 266 g/mol. The fourth-order valence-electron chi connectivity index (χ4n) is 2.87. The van der Waals surface area contributed by atoms with Gasteiger partial charge in [0, 0.05) is 30.8 Å². The lowest BCUT2D eigenvalue weighted by atomic mass is 10.1. The topological polar surface area (TPSA) is 55.3 Å². The van der Waals surface area contributed by atoms with Crippen molar-refractivity contribution in [2.24, 2.45) is 7.05 Å². The van der Waals surface area contributed by atoms with Crippen molar-refractivity contribution in [1.82, 2.24) is 9.88 Å². The Morgan fingerprint density at radius 2 is 2.29 bits per heavy atom. The number of rotatable bonds is 3. The molecular formula is C16H21N3O2. The Labute approximate surface area is 124 Å². The summed E-state index contributed by atoms with van der Waals surface area (Å²) in [6.45, 7) is 2.78. The number of aryl methyl sites for hydroxylation is 1. The molecule has 0 unspecified atom stereocenters. The summed E-state index contributed by atoms with van der Waals surface area (Å²) in [5.41, 5.74) is 1.92. The zero-order chi connectivity index (χ0) is 14.8. The molecule has 0 radical (unpaired) electrons. The number of carbonyl (C=O) groups excluding carboxylic acids is 1. The number of nitrogens with zero attached hydrogens (tertiary/aromatic N) is 1. The van der Waals surface area contributed by atoms with Crippen LogP contribution in [0, 0.1) is 0 Å². The maximum Gasteiger partial charge on any atom is 0.319 e. The summed E-state index contributed by atoms with van der Waals surface area (Å²) in [6, 6.07) is 7.74. The third-order valence-corrected chi connectivity index (χ3v) is 4.06. The summed E-state index contributed by atoms with van der Waals surface area (Å²) in [5.74, 6) is 0. The summed E-state index contributed by atoms with van der Waals surface area (Å²) in [4.78, 5) is 12.1. The Kier molecular flexibility index (Phi) is 3.84. The first-order valence-corrected chi connectivity index (χ1v) is 7.38. The number of hydrogen-bond donors (Lipinski definition) is 2. The number of hydrogen-bond acceptors (Lipinski definition) is 2. The molecule has 3 rings (SSSR count). The van der Waals surface area contributed by atoms with E-state index in [1.54, 1.807) is 0 Å². The number of urea groups is 1. The maximum absolute atomic E-state index is 12.1. The molecule has 2 aromatic rings. The highest BCUT2D eigenvalue weighted by molar-refractivity contribution is 6.00. The van der Waals surface area contributed by atoms with Crippen LogP contribution in [0.5, 0.6) is 0 Å². The van der Waals surface area contributed by atoms with Gasteiger partial charge in [-0.05, 0) is 38.0 Å². The van der Waals surface area contributed by atoms with Crippen LogP contribution in [-0.2, 0) is 11.8 Å². The van der Waals surface area contributed by atoms with Gasteiger partial charge in [-0.25, -0.2) is 4.79 Å². The van der Waals surface area contributed by atoms with Crippen molar-refractivity contribution in [3.8, 4) is 0 Å². The van der Waals surface area contributed by atoms with E-state index >= 15 is 0 Å². The second kappa shape index (κ2) is 5.77. The molecule has 1 fully saturated rings. The Balaban J connectivity index is 1.68. The smallest absolute Gasteiger partial charge is 0.319 e. The van der Waals surface area contributed by atoms with Crippen LogP contribution in [0.2, 0.25) is 0 Å². The van der Waals surface area contributed by atoms with Crippen molar-refractivity contribution in [2.75, 3.05) is 11.9 Å². The molecule has 21 heavy (non-hydrogen) atoms. The molecule has 2 atom stereocenters. The normalized spacial score (nSPS) is 19.6. The molecule has 0 bridgehead atoms. The molecule has 5 heteroatoms. The molecule has 1 aliphatic heterocycles. The van der Waals surface area contributed by atoms with E-state index in [0.29, 0.717) is 0 Å². The molecule has 2 N–H and O–H groups in total. The van der Waals surface area contributed by atoms with Gasteiger partial charge < -0.3 is 19.9 Å². The fraction of sp³-hybridized carbons (Fsp3) is 0.438. The monoisotopic (exact) mass is 287 g/mol. The lowest BCUT2D eigenvalue weighted by molar-refractivity contribution is 0.0868. The van der Waals surface area contributed by atoms with E-state index in [1.807, 2.05) is 49.0 Å². The predicted molar refractivity (Wildman–Crippen MR) is 83.5 cm³/mol. The van der Waals surface area contributed by atoms with Crippen molar-refractivity contribution in [1.29, 1.82) is 0 Å². The molecule has 1 aromatic heterocycles. The maximum atomic E-state index is 12.1. The van der Waals surface area contributed by atoms with Gasteiger partial charge in [0.25, 0.3) is 0 Å². The minimum Gasteiger partial charge on any atom is -0.376 e. The number of nitrogens with one attached hydrogen (secondary N) is 2. The van der Waals surface area contributed by atoms with Gasteiger partial charge in [-0.3, -0.25) is 0 Å². The lowest BCUT2D eigenvalue weighted by Gasteiger charge is -2.20. The molecule has 0 saturated carbocycles. The highest BCUT2D eigenvalue weighted by Crippen LogP contribution is 2.24. The van der Waals surface area contributed by atoms with Crippen LogP contribution in [0.1, 0.15) is 19.8 Å². The highest BCUT2D eigenvalue weighted by Gasteiger charge is 2.23. The second-order valence-electron chi connectivity index (χ2n) is 5.60. The van der Waals surface area contributed by atoms with Gasteiger partial charge in [0.15, 0.2) is 0 Å². The Hall–Kier alpha value is -2.01. The fourth-order valence-corrected chi connectivity index (χ4v) is 2.87. The minimum absolute atomic E-state index is 0.0162. The van der Waals surface area contributed by atoms with Crippen LogP contribution in [-0.4, -0.2) is 29.4 Å². The number of anilines is 1. The summed E-state index contributed by atoms with van der Waals surface area (Å²) in [6.07, 6.45) is 4.20. The van der Waals surface area contributed by atoms with Crippen molar-refractivity contribution in [2.45, 2.75) is 31.9 Å². The van der Waals surface area contributed by atoms with Crippen molar-refractivity contribution in [3.05, 3.63) is 30.5 Å². The van der Waals surface area contributed by atoms with Crippen LogP contribution >= 0.6 is 0 Å². The molecule has 1 aliphatic rings. The number of amides is 2. The lowest BCUT2D eigenvalue weighted by Crippen LogP contribution is -2.43. The van der Waals surface area contributed by atoms with Crippen LogP contribution in [0.15, 0.2) is 30.5 Å². The Morgan fingerprint density at radius 3 is 3.05 bits per heavy atom. The average Bonchev–Trinajstić information content (AvgIpc) is 3.10. The molecule has 1 aromatic carbocycles. The highest BCUT2D eigenvalue weighted by atomic mass is 16.5. The Bertz CT molecular complexity index is 644. The molecule has 2 amide bonds. The van der Waals surface area contributed by atoms with Crippen LogP contribution in [0.4, 0.5) is 10.5 Å². The van der Waals surface area contributed by atoms with E-state index in [2.05, 4.69) is 10.6 Å². The first kappa shape index (κ1) is 13.9. The first-order valence-electron chi connectivity index (χ1n) is 7.38. The SMILES string of the molecule is C[C@@H](NC(=O)Nc1cccc2c1ccn2C)[C@@H]1CCCO1. The van der Waals surface area contributed by atoms with Crippen LogP contribution < -0.4 is 10.6 Å². The third-order valence-electron chi connectivity index (χ3n) is 4.06. The number of fused-ring (bicyclic) bond motifs is 1. The number of carbonyl (C=O) groups is 1. The average molecular weight is 287 g/mol. The van der Waals surface area contributed by atoms with Crippen molar-refractivity contribution >= 4 is 22.6 Å². The van der Waals surface area contributed by atoms with Gasteiger partial charge in [-0.2, -0.15) is 0 Å². The van der Waals surface area contributed by atoms with E-state index in [4.69, 9.17) is 4.74 Å². The van der Waals surface area contributed by atoms with Gasteiger partial charge in [0.05, 0.1) is 17.8 Å². The van der Waals surface area contributed by atoms with Crippen LogP contribution in [0.3, 0.4) is 0 Å². The van der Waals surface area contributed by atoms with E-state index < -0.39 is 0 Å². The summed E-state index contributed by atoms with van der Waals surface area (Å²) in [5, 5.41) is 6.94.